The van der Waals surface area contributed by atoms with E-state index < -0.39 is 98.5 Å². The predicted molar refractivity (Wildman–Crippen MR) is 212 cm³/mol. The zero-order valence-electron chi connectivity index (χ0n) is 30.1. The Kier molecular flexibility index (Phi) is 9.86. The summed E-state index contributed by atoms with van der Waals surface area (Å²) < 4.78 is 46.4. The second-order valence-electron chi connectivity index (χ2n) is 14.5. The molecule has 304 valence electrons. The molecule has 19 heteroatoms. The highest BCUT2D eigenvalue weighted by atomic mass is 127. The van der Waals surface area contributed by atoms with E-state index >= 15 is 4.79 Å². The number of phenols is 2. The average molecular weight is 963 g/mol. The number of hydrazine groups is 1. The fraction of sp³-hybridized carbons (Fsp3) is 0.250. The Balaban J connectivity index is 1.32. The number of aromatic nitrogens is 1. The van der Waals surface area contributed by atoms with Gasteiger partial charge in [0.2, 0.25) is 11.8 Å². The maximum Gasteiger partial charge on any atom is 0.417 e. The number of nitrogens with one attached hydrogen (secondary N) is 1. The molecule has 3 aromatic carbocycles. The summed E-state index contributed by atoms with van der Waals surface area (Å²) in [5.74, 6) is -11.0. The van der Waals surface area contributed by atoms with Crippen LogP contribution in [0.3, 0.4) is 0 Å². The Morgan fingerprint density at radius 1 is 0.983 bits per heavy atom. The van der Waals surface area contributed by atoms with Crippen molar-refractivity contribution in [3.8, 4) is 17.2 Å². The van der Waals surface area contributed by atoms with Crippen molar-refractivity contribution >= 4 is 86.9 Å². The van der Waals surface area contributed by atoms with Gasteiger partial charge < -0.3 is 20.1 Å². The van der Waals surface area contributed by atoms with E-state index in [1.54, 1.807) is 24.3 Å². The van der Waals surface area contributed by atoms with Gasteiger partial charge in [0.15, 0.2) is 17.3 Å². The van der Waals surface area contributed by atoms with Crippen LogP contribution in [0.4, 0.5) is 24.7 Å². The Bertz CT molecular complexity index is 2560. The first-order chi connectivity index (χ1) is 27.9. The number of fused-ring (bicyclic) bond motifs is 4. The number of carboxylic acids is 1. The number of amides is 4. The highest BCUT2D eigenvalue weighted by Crippen LogP contribution is 2.65. The molecule has 4 aromatic rings. The van der Waals surface area contributed by atoms with Crippen molar-refractivity contribution in [2.24, 2.45) is 23.7 Å². The topological polar surface area (TPSA) is 187 Å². The molecule has 8 rings (SSSR count). The molecule has 1 aromatic heterocycles. The first kappa shape index (κ1) is 40.4. The minimum absolute atomic E-state index is 0.0100. The Morgan fingerprint density at radius 2 is 1.69 bits per heavy atom. The fourth-order valence-electron chi connectivity index (χ4n) is 9.17. The number of ether oxygens (including phenoxy) is 1. The maximum atomic E-state index is 15.4. The van der Waals surface area contributed by atoms with E-state index in [0.29, 0.717) is 42.6 Å². The molecule has 6 atom stereocenters. The number of halogens is 6. The van der Waals surface area contributed by atoms with Gasteiger partial charge in [0.25, 0.3) is 11.8 Å². The lowest BCUT2D eigenvalue weighted by Gasteiger charge is -2.50. The number of hydrogen-bond acceptors (Lipinski definition) is 10. The third-order valence-electron chi connectivity index (χ3n) is 11.6. The van der Waals surface area contributed by atoms with Gasteiger partial charge in [-0.3, -0.25) is 24.6 Å². The largest absolute Gasteiger partial charge is 0.507 e. The van der Waals surface area contributed by atoms with Crippen molar-refractivity contribution in [3.05, 3.63) is 114 Å². The second kappa shape index (κ2) is 14.4. The fourth-order valence-corrected chi connectivity index (χ4v) is 10.1. The number of carbonyl (C=O) groups is 5. The van der Waals surface area contributed by atoms with Crippen LogP contribution in [-0.2, 0) is 30.8 Å². The third-order valence-corrected chi connectivity index (χ3v) is 13.0. The Morgan fingerprint density at radius 3 is 2.32 bits per heavy atom. The van der Waals surface area contributed by atoms with Crippen LogP contribution in [0.15, 0.2) is 78.5 Å². The molecule has 6 unspecified atom stereocenters. The van der Waals surface area contributed by atoms with Gasteiger partial charge in [-0.2, -0.15) is 18.2 Å². The summed E-state index contributed by atoms with van der Waals surface area (Å²) in [7, 11) is 1.33. The first-order valence-corrected chi connectivity index (χ1v) is 19.6. The zero-order chi connectivity index (χ0) is 42.5. The number of phenolic OH excluding ortho intramolecular Hbond substituents is 1. The SMILES string of the molecule is COc1cc(C2C3=CCC4C(=O)N(c5ccc(C(=O)O)c(O)c5)C(=O)C4C3CC3C(=O)N(Nc4ncc(C(F)(F)F)cc4Cl)C(=O)C32c2ccc(Cl)cc2)cc(I)c1O. The van der Waals surface area contributed by atoms with Gasteiger partial charge >= 0.3 is 12.1 Å². The number of aromatic hydroxyl groups is 2. The number of benzene rings is 3. The van der Waals surface area contributed by atoms with Crippen molar-refractivity contribution in [1.29, 1.82) is 0 Å². The summed E-state index contributed by atoms with van der Waals surface area (Å²) in [5, 5.41) is 31.2. The van der Waals surface area contributed by atoms with E-state index in [-0.39, 0.29) is 30.0 Å². The standard InChI is InChI=1S/C40H28Cl2F3IN4O9/c1-59-29-11-16(10-27(46)32(29)52)31-21-8-9-23-30(36(55)49(34(23)53)20-6-7-22(37(56)57)28(51)13-20)24(21)14-25-35(54)50(38(58)39(25,31)17-2-4-19(41)5-3-17)48-33-26(42)12-18(15-47-33)40(43,44)45/h2-8,10-13,15,23-25,30-31,51-52H,9,14H2,1H3,(H,47,48)(H,56,57). The molecule has 4 aliphatic rings. The monoisotopic (exact) mass is 962 g/mol. The molecule has 0 spiro atoms. The second-order valence-corrected chi connectivity index (χ2v) is 16.5. The zero-order valence-corrected chi connectivity index (χ0v) is 33.8. The van der Waals surface area contributed by atoms with E-state index in [4.69, 9.17) is 27.9 Å². The van der Waals surface area contributed by atoms with Crippen molar-refractivity contribution in [1.82, 2.24) is 9.99 Å². The summed E-state index contributed by atoms with van der Waals surface area (Å²) in [6.45, 7) is 0. The van der Waals surface area contributed by atoms with E-state index in [2.05, 4.69) is 10.4 Å². The highest BCUT2D eigenvalue weighted by Gasteiger charge is 2.70. The number of carbonyl (C=O) groups excluding carboxylic acids is 4. The molecule has 3 heterocycles. The number of aromatic carboxylic acids is 1. The third kappa shape index (κ3) is 6.18. The van der Waals surface area contributed by atoms with Crippen LogP contribution in [0, 0.1) is 27.2 Å². The van der Waals surface area contributed by atoms with Gasteiger partial charge in [-0.1, -0.05) is 47.0 Å². The summed E-state index contributed by atoms with van der Waals surface area (Å²) in [6.07, 6.45) is -2.70. The molecule has 1 saturated carbocycles. The molecule has 4 amide bonds. The van der Waals surface area contributed by atoms with E-state index in [1.807, 2.05) is 22.6 Å². The maximum absolute atomic E-state index is 15.4. The lowest BCUT2D eigenvalue weighted by molar-refractivity contribution is -0.139. The van der Waals surface area contributed by atoms with Crippen LogP contribution in [-0.4, -0.2) is 62.0 Å². The number of nitrogens with zero attached hydrogens (tertiary/aromatic N) is 3. The van der Waals surface area contributed by atoms with Gasteiger partial charge in [0.05, 0.1) is 50.1 Å². The predicted octanol–water partition coefficient (Wildman–Crippen LogP) is 7.32. The van der Waals surface area contributed by atoms with Crippen molar-refractivity contribution in [3.63, 3.8) is 0 Å². The summed E-state index contributed by atoms with van der Waals surface area (Å²) >= 11 is 14.5. The number of hydrogen-bond donors (Lipinski definition) is 4. The van der Waals surface area contributed by atoms with Crippen molar-refractivity contribution in [2.75, 3.05) is 17.4 Å². The van der Waals surface area contributed by atoms with Gasteiger partial charge in [-0.15, -0.1) is 0 Å². The van der Waals surface area contributed by atoms with Crippen LogP contribution in [0.25, 0.3) is 0 Å². The molecule has 2 aliphatic carbocycles. The highest BCUT2D eigenvalue weighted by molar-refractivity contribution is 14.1. The van der Waals surface area contributed by atoms with Crippen LogP contribution in [0.2, 0.25) is 10.0 Å². The van der Waals surface area contributed by atoms with Crippen LogP contribution < -0.4 is 15.1 Å². The molecule has 59 heavy (non-hydrogen) atoms. The lowest BCUT2D eigenvalue weighted by Crippen LogP contribution is -2.53. The van der Waals surface area contributed by atoms with Crippen molar-refractivity contribution in [2.45, 2.75) is 30.4 Å². The van der Waals surface area contributed by atoms with Crippen LogP contribution >= 0.6 is 45.8 Å². The van der Waals surface area contributed by atoms with E-state index in [9.17, 15) is 47.7 Å². The minimum atomic E-state index is -4.79. The van der Waals surface area contributed by atoms with E-state index in [0.717, 1.165) is 17.0 Å². The smallest absolute Gasteiger partial charge is 0.417 e. The number of methoxy groups -OCH3 is 1. The number of allylic oxidation sites excluding steroid dienone is 2. The number of pyridine rings is 1. The van der Waals surface area contributed by atoms with E-state index in [1.165, 1.54) is 31.4 Å². The first-order valence-electron chi connectivity index (χ1n) is 17.7. The number of alkyl halides is 3. The van der Waals surface area contributed by atoms with Crippen molar-refractivity contribution < 1.29 is 57.2 Å². The summed E-state index contributed by atoms with van der Waals surface area (Å²) in [4.78, 5) is 75.3. The quantitative estimate of drug-likeness (QED) is 0.0827. The van der Waals surface area contributed by atoms with Crippen LogP contribution in [0.5, 0.6) is 17.2 Å². The number of imide groups is 2. The summed E-state index contributed by atoms with van der Waals surface area (Å²) in [6, 6.07) is 13.2. The van der Waals surface area contributed by atoms with Gasteiger partial charge in [-0.05, 0) is 94.9 Å². The molecular weight excluding hydrogens is 935 g/mol. The molecule has 0 bridgehead atoms. The molecule has 4 N–H and O–H groups in total. The number of rotatable bonds is 7. The summed E-state index contributed by atoms with van der Waals surface area (Å²) in [5.41, 5.74) is 0.257. The van der Waals surface area contributed by atoms with Gasteiger partial charge in [-0.25, -0.2) is 14.7 Å². The van der Waals surface area contributed by atoms with Crippen LogP contribution in [0.1, 0.15) is 45.8 Å². The molecule has 3 fully saturated rings. The van der Waals surface area contributed by atoms with Gasteiger partial charge in [0.1, 0.15) is 11.3 Å². The Hall–Kier alpha value is -5.40. The number of anilines is 2. The number of carboxylic acid groups (broad SMARTS) is 1. The Labute approximate surface area is 355 Å². The molecular formula is C40H28Cl2F3IN4O9. The lowest BCUT2D eigenvalue weighted by atomic mass is 9.49. The molecule has 2 saturated heterocycles. The minimum Gasteiger partial charge on any atom is -0.507 e. The molecule has 0 radical (unpaired) electrons. The van der Waals surface area contributed by atoms with Gasteiger partial charge in [0, 0.05) is 23.2 Å². The normalized spacial score (nSPS) is 25.1. The molecule has 2 aliphatic heterocycles. The molecule has 13 nitrogen and oxygen atoms in total. The average Bonchev–Trinajstić information content (AvgIpc) is 3.56.